The number of benzene rings is 2. The molecule has 4 nitrogen and oxygen atoms in total. The number of nitrogens with one attached hydrogen (secondary N) is 1. The Kier molecular flexibility index (Phi) is 5.19. The van der Waals surface area contributed by atoms with Gasteiger partial charge in [-0.2, -0.15) is 0 Å². The highest BCUT2D eigenvalue weighted by atomic mass is 32.1. The van der Waals surface area contributed by atoms with E-state index >= 15 is 0 Å². The number of ketones is 1. The molecule has 0 spiro atoms. The van der Waals surface area contributed by atoms with E-state index < -0.39 is 5.92 Å². The molecule has 1 saturated carbocycles. The summed E-state index contributed by atoms with van der Waals surface area (Å²) in [5, 5.41) is 8.74. The van der Waals surface area contributed by atoms with Crippen LogP contribution in [0.5, 0.6) is 0 Å². The fourth-order valence-electron chi connectivity index (χ4n) is 3.91. The van der Waals surface area contributed by atoms with Crippen molar-refractivity contribution in [3.8, 4) is 21.7 Å². The summed E-state index contributed by atoms with van der Waals surface area (Å²) in [6.45, 7) is 3.20. The van der Waals surface area contributed by atoms with Gasteiger partial charge in [-0.05, 0) is 44.2 Å². The number of nitrogens with zero attached hydrogens (tertiary/aromatic N) is 1. The lowest BCUT2D eigenvalue weighted by molar-refractivity contribution is -0.117. The first-order valence-corrected chi connectivity index (χ1v) is 10.7. The second-order valence-corrected chi connectivity index (χ2v) is 8.94. The lowest BCUT2D eigenvalue weighted by Gasteiger charge is -2.38. The van der Waals surface area contributed by atoms with Crippen LogP contribution < -0.4 is 5.73 Å². The van der Waals surface area contributed by atoms with Crippen molar-refractivity contribution in [1.29, 1.82) is 5.41 Å². The molecule has 1 unspecified atom stereocenters. The van der Waals surface area contributed by atoms with Crippen molar-refractivity contribution in [3.05, 3.63) is 65.2 Å². The first-order valence-electron chi connectivity index (χ1n) is 9.90. The molecule has 0 bridgehead atoms. The Labute approximate surface area is 175 Å². The molecule has 0 radical (unpaired) electrons. The smallest absolute Gasteiger partial charge is 0.145 e. The predicted molar refractivity (Wildman–Crippen MR) is 120 cm³/mol. The molecular formula is C24H25N3OS. The molecule has 0 amide bonds. The van der Waals surface area contributed by atoms with Crippen LogP contribution in [0.1, 0.15) is 49.6 Å². The molecule has 4 rings (SSSR count). The number of Topliss-reactive ketones (excluding diaryl/α,β-unsaturated/α-hetero) is 1. The number of aromatic nitrogens is 1. The molecule has 3 aromatic rings. The highest BCUT2D eigenvalue weighted by molar-refractivity contribution is 7.16. The number of thiazole rings is 1. The van der Waals surface area contributed by atoms with Crippen molar-refractivity contribution in [3.63, 3.8) is 0 Å². The standard InChI is InChI=1S/C24H25N3OS/c1-15(25)20(16(2)28)23-27-21(22(29-23)18-7-4-3-5-8-18)17-9-11-19(12-10-17)24(26)13-6-14-24/h3-5,7-12,20,25H,6,13-14,26H2,1-2H3. The molecule has 29 heavy (non-hydrogen) atoms. The number of hydrogen-bond donors (Lipinski definition) is 2. The van der Waals surface area contributed by atoms with Gasteiger partial charge in [0.2, 0.25) is 0 Å². The highest BCUT2D eigenvalue weighted by Crippen LogP contribution is 2.42. The van der Waals surface area contributed by atoms with Crippen molar-refractivity contribution in [2.45, 2.75) is 44.6 Å². The Balaban J connectivity index is 1.81. The molecule has 5 heteroatoms. The number of carbonyl (C=O) groups excluding carboxylic acids is 1. The third-order valence-corrected chi connectivity index (χ3v) is 6.91. The van der Waals surface area contributed by atoms with Crippen LogP contribution in [0.15, 0.2) is 54.6 Å². The van der Waals surface area contributed by atoms with E-state index in [2.05, 4.69) is 36.4 Å². The third-order valence-electron chi connectivity index (χ3n) is 5.75. The van der Waals surface area contributed by atoms with Gasteiger partial charge in [-0.3, -0.25) is 4.79 Å². The lowest BCUT2D eigenvalue weighted by Crippen LogP contribution is -2.43. The van der Waals surface area contributed by atoms with E-state index in [-0.39, 0.29) is 11.3 Å². The molecule has 1 aromatic heterocycles. The summed E-state index contributed by atoms with van der Waals surface area (Å²) >= 11 is 1.50. The lowest BCUT2D eigenvalue weighted by atomic mass is 9.72. The molecule has 0 aliphatic heterocycles. The van der Waals surface area contributed by atoms with Crippen molar-refractivity contribution in [2.24, 2.45) is 5.73 Å². The summed E-state index contributed by atoms with van der Waals surface area (Å²) in [7, 11) is 0. The van der Waals surface area contributed by atoms with E-state index in [0.717, 1.165) is 34.5 Å². The number of carbonyl (C=O) groups is 1. The molecule has 1 aliphatic carbocycles. The molecule has 1 heterocycles. The van der Waals surface area contributed by atoms with E-state index in [1.54, 1.807) is 6.92 Å². The Bertz CT molecular complexity index is 1040. The zero-order chi connectivity index (χ0) is 20.6. The zero-order valence-corrected chi connectivity index (χ0v) is 17.6. The minimum absolute atomic E-state index is 0.0529. The summed E-state index contributed by atoms with van der Waals surface area (Å²) in [5.41, 5.74) is 10.7. The van der Waals surface area contributed by atoms with E-state index in [1.807, 2.05) is 18.2 Å². The quantitative estimate of drug-likeness (QED) is 0.531. The summed E-state index contributed by atoms with van der Waals surface area (Å²) in [6, 6.07) is 18.5. The van der Waals surface area contributed by atoms with Crippen LogP contribution in [0.3, 0.4) is 0 Å². The summed E-state index contributed by atoms with van der Waals surface area (Å²) in [6.07, 6.45) is 3.24. The number of hydrogen-bond acceptors (Lipinski definition) is 5. The van der Waals surface area contributed by atoms with E-state index in [4.69, 9.17) is 16.1 Å². The SMILES string of the molecule is CC(=N)C(C(C)=O)c1nc(-c2ccc(C3(N)CCC3)cc2)c(-c2ccccc2)s1. The van der Waals surface area contributed by atoms with Crippen molar-refractivity contribution < 1.29 is 4.79 Å². The maximum Gasteiger partial charge on any atom is 0.145 e. The van der Waals surface area contributed by atoms with Gasteiger partial charge in [-0.25, -0.2) is 4.98 Å². The van der Waals surface area contributed by atoms with E-state index in [1.165, 1.54) is 30.2 Å². The van der Waals surface area contributed by atoms with Crippen LogP contribution in [0, 0.1) is 5.41 Å². The van der Waals surface area contributed by atoms with Crippen molar-refractivity contribution >= 4 is 22.8 Å². The minimum Gasteiger partial charge on any atom is -0.321 e. The molecule has 1 fully saturated rings. The van der Waals surface area contributed by atoms with E-state index in [9.17, 15) is 4.79 Å². The fraction of sp³-hybridized carbons (Fsp3) is 0.292. The molecule has 2 aromatic carbocycles. The van der Waals surface area contributed by atoms with Gasteiger partial charge in [0.05, 0.1) is 10.6 Å². The van der Waals surface area contributed by atoms with Gasteiger partial charge >= 0.3 is 0 Å². The van der Waals surface area contributed by atoms with Gasteiger partial charge in [-0.15, -0.1) is 11.3 Å². The second-order valence-electron chi connectivity index (χ2n) is 7.91. The van der Waals surface area contributed by atoms with Gasteiger partial charge in [0, 0.05) is 16.8 Å². The van der Waals surface area contributed by atoms with Gasteiger partial charge < -0.3 is 11.1 Å². The maximum atomic E-state index is 12.2. The highest BCUT2D eigenvalue weighted by Gasteiger charge is 2.34. The average Bonchev–Trinajstić information content (AvgIpc) is 3.11. The van der Waals surface area contributed by atoms with Crippen molar-refractivity contribution in [2.75, 3.05) is 0 Å². The number of nitrogens with two attached hydrogens (primary N) is 1. The minimum atomic E-state index is -0.585. The molecule has 148 valence electrons. The average molecular weight is 404 g/mol. The Morgan fingerprint density at radius 3 is 2.24 bits per heavy atom. The Hall–Kier alpha value is -2.63. The topological polar surface area (TPSA) is 79.8 Å². The molecule has 0 saturated heterocycles. The maximum absolute atomic E-state index is 12.2. The van der Waals surface area contributed by atoms with Crippen LogP contribution in [0.25, 0.3) is 21.7 Å². The van der Waals surface area contributed by atoms with Crippen LogP contribution in [0.4, 0.5) is 0 Å². The van der Waals surface area contributed by atoms with Crippen LogP contribution in [-0.4, -0.2) is 16.5 Å². The Morgan fingerprint density at radius 1 is 1.07 bits per heavy atom. The fourth-order valence-corrected chi connectivity index (χ4v) is 5.23. The first-order chi connectivity index (χ1) is 13.9. The van der Waals surface area contributed by atoms with Gasteiger partial charge in [0.1, 0.15) is 16.7 Å². The van der Waals surface area contributed by atoms with Crippen LogP contribution in [0.2, 0.25) is 0 Å². The summed E-state index contributed by atoms with van der Waals surface area (Å²) < 4.78 is 0. The first kappa shape index (κ1) is 19.7. The summed E-state index contributed by atoms with van der Waals surface area (Å²) in [5.74, 6) is -0.638. The van der Waals surface area contributed by atoms with Gasteiger partial charge in [-0.1, -0.05) is 54.6 Å². The van der Waals surface area contributed by atoms with Gasteiger partial charge in [0.25, 0.3) is 0 Å². The molecule has 1 atom stereocenters. The normalized spacial score (nSPS) is 16.1. The largest absolute Gasteiger partial charge is 0.321 e. The van der Waals surface area contributed by atoms with E-state index in [0.29, 0.717) is 10.7 Å². The molecule has 3 N–H and O–H groups in total. The van der Waals surface area contributed by atoms with Crippen molar-refractivity contribution in [1.82, 2.24) is 4.98 Å². The third kappa shape index (κ3) is 3.68. The predicted octanol–water partition coefficient (Wildman–Crippen LogP) is 5.53. The summed E-state index contributed by atoms with van der Waals surface area (Å²) in [4.78, 5) is 18.1. The van der Waals surface area contributed by atoms with Crippen LogP contribution in [-0.2, 0) is 10.3 Å². The second kappa shape index (κ2) is 7.65. The van der Waals surface area contributed by atoms with Gasteiger partial charge in [0.15, 0.2) is 0 Å². The number of rotatable bonds is 6. The van der Waals surface area contributed by atoms with Crippen LogP contribution >= 0.6 is 11.3 Å². The zero-order valence-electron chi connectivity index (χ0n) is 16.7. The Morgan fingerprint density at radius 2 is 1.72 bits per heavy atom. The molecule has 1 aliphatic rings. The molecular weight excluding hydrogens is 378 g/mol. The monoisotopic (exact) mass is 403 g/mol.